The van der Waals surface area contributed by atoms with Crippen LogP contribution < -0.4 is 41.8 Å². The monoisotopic (exact) mass is 1700 g/mol. The van der Waals surface area contributed by atoms with Crippen LogP contribution in [-0.4, -0.2) is 284 Å². The van der Waals surface area contributed by atoms with Gasteiger partial charge in [0.15, 0.2) is 17.6 Å². The van der Waals surface area contributed by atoms with E-state index in [1.807, 2.05) is 53.7 Å². The Bertz CT molecular complexity index is 2960. The van der Waals surface area contributed by atoms with E-state index in [4.69, 9.17) is 80.4 Å². The summed E-state index contributed by atoms with van der Waals surface area (Å²) in [4.78, 5) is 28.2. The number of benzene rings is 3. The highest BCUT2D eigenvalue weighted by Crippen LogP contribution is 2.33. The van der Waals surface area contributed by atoms with Gasteiger partial charge < -0.3 is 110 Å². The highest BCUT2D eigenvalue weighted by molar-refractivity contribution is 6.30. The molecule has 0 spiro atoms. The molecule has 0 aliphatic carbocycles. The maximum absolute atomic E-state index is 13.0. The summed E-state index contributed by atoms with van der Waals surface area (Å²) in [6.07, 6.45) is 9.60. The van der Waals surface area contributed by atoms with Gasteiger partial charge in [-0.2, -0.15) is 0 Å². The lowest BCUT2D eigenvalue weighted by atomic mass is 9.98. The quantitative estimate of drug-likeness (QED) is 0.0186. The topological polar surface area (TPSA) is 294 Å². The number of aliphatic carboxylic acids is 1. The van der Waals surface area contributed by atoms with Crippen LogP contribution in [0.15, 0.2) is 54.6 Å². The van der Waals surface area contributed by atoms with Gasteiger partial charge in [0.05, 0.1) is 71.2 Å². The fraction of sp³-hybridized carbons (Fsp3) is 0.783. The van der Waals surface area contributed by atoms with E-state index >= 15 is 0 Å². The van der Waals surface area contributed by atoms with E-state index in [2.05, 4.69) is 184 Å². The second-order valence-electron chi connectivity index (χ2n) is 37.2. The van der Waals surface area contributed by atoms with Gasteiger partial charge in [0.25, 0.3) is 0 Å². The molecule has 1 fully saturated rings. The lowest BCUT2D eigenvalue weighted by molar-refractivity contribution is -0.146. The van der Waals surface area contributed by atoms with Crippen LogP contribution in [0.2, 0.25) is 5.02 Å². The number of nitrogens with two attached hydrogens (primary N) is 1. The molecule has 24 nitrogen and oxygen atoms in total. The smallest absolute Gasteiger partial charge is 0.333 e. The lowest BCUT2D eigenvalue weighted by Gasteiger charge is -2.42. The Morgan fingerprint density at radius 3 is 1.24 bits per heavy atom. The average Bonchev–Trinajstić information content (AvgIpc) is 0.809. The Morgan fingerprint density at radius 2 is 0.864 bits per heavy atom. The number of hydrogen-bond acceptors (Lipinski definition) is 23. The van der Waals surface area contributed by atoms with Crippen LogP contribution in [0.1, 0.15) is 232 Å². The number of methoxy groups -OCH3 is 2. The summed E-state index contributed by atoms with van der Waals surface area (Å²) >= 11 is 5.73. The van der Waals surface area contributed by atoms with Crippen molar-refractivity contribution in [1.29, 1.82) is 0 Å². The number of carboxylic acid groups (broad SMARTS) is 1. The molecule has 1 saturated heterocycles. The first-order valence-corrected chi connectivity index (χ1v) is 43.6. The largest absolute Gasteiger partial charge is 0.493 e. The molecule has 3 aromatic rings. The number of likely N-dealkylation sites (tertiary alicyclic amines) is 1. The third kappa shape index (κ3) is 74.3. The molecule has 11 N–H and O–H groups in total. The van der Waals surface area contributed by atoms with Crippen molar-refractivity contribution in [3.8, 4) is 11.5 Å². The number of nitrogens with one attached hydrogen (secondary N) is 5. The second-order valence-corrected chi connectivity index (χ2v) is 37.6. The zero-order chi connectivity index (χ0) is 90.0. The van der Waals surface area contributed by atoms with Crippen LogP contribution in [-0.2, 0) is 68.6 Å². The van der Waals surface area contributed by atoms with E-state index in [0.29, 0.717) is 32.7 Å². The summed E-state index contributed by atoms with van der Waals surface area (Å²) in [5, 5.41) is 50.9. The minimum atomic E-state index is -1.33. The number of ketones is 1. The predicted molar refractivity (Wildman–Crippen MR) is 485 cm³/mol. The van der Waals surface area contributed by atoms with E-state index < -0.39 is 18.2 Å². The number of carbonyl (C=O) groups is 2. The highest BCUT2D eigenvalue weighted by atomic mass is 35.5. The Morgan fingerprint density at radius 1 is 0.508 bits per heavy atom. The van der Waals surface area contributed by atoms with Gasteiger partial charge in [0.2, 0.25) is 0 Å². The Kier molecular flexibility index (Phi) is 63.2. The molecule has 0 aromatic heterocycles. The molecular formula is C92H173ClFN9O15. The number of hydrogen-bond donors (Lipinski definition) is 10. The summed E-state index contributed by atoms with van der Waals surface area (Å²) in [5.41, 5.74) is 11.2. The van der Waals surface area contributed by atoms with Crippen LogP contribution >= 0.6 is 11.6 Å². The third-order valence-electron chi connectivity index (χ3n) is 17.2. The lowest BCUT2D eigenvalue weighted by Crippen LogP contribution is -2.57. The minimum Gasteiger partial charge on any atom is -0.493 e. The normalized spacial score (nSPS) is 14.0. The van der Waals surface area contributed by atoms with Gasteiger partial charge in [0.1, 0.15) is 11.6 Å². The van der Waals surface area contributed by atoms with E-state index in [1.54, 1.807) is 33.3 Å². The Labute approximate surface area is 721 Å². The van der Waals surface area contributed by atoms with Gasteiger partial charge in [-0.15, -0.1) is 0 Å². The molecule has 690 valence electrons. The summed E-state index contributed by atoms with van der Waals surface area (Å²) in [6.45, 7) is 64.5. The number of rotatable bonds is 47. The van der Waals surface area contributed by atoms with Crippen LogP contribution in [0.4, 0.5) is 10.1 Å². The maximum atomic E-state index is 13.0. The first-order chi connectivity index (χ1) is 54.9. The average molecular weight is 1700 g/mol. The number of aliphatic hydroxyl groups is 3. The summed E-state index contributed by atoms with van der Waals surface area (Å²) < 4.78 is 63.1. The molecule has 0 amide bonds. The zero-order valence-corrected chi connectivity index (χ0v) is 79.6. The number of nitrogen functional groups attached to an aromatic ring is 1. The molecule has 118 heavy (non-hydrogen) atoms. The highest BCUT2D eigenvalue weighted by Gasteiger charge is 2.28. The number of likely N-dealkylation sites (N-methyl/N-ethyl adjacent to an activating group) is 1. The van der Waals surface area contributed by atoms with Crippen LogP contribution in [0.3, 0.4) is 0 Å². The Balaban J connectivity index is 0. The number of carbonyl (C=O) groups excluding carboxylic acids is 1. The molecule has 0 bridgehead atoms. The van der Waals surface area contributed by atoms with Gasteiger partial charge in [-0.1, -0.05) is 29.8 Å². The summed E-state index contributed by atoms with van der Waals surface area (Å²) in [7, 11) is 7.69. The number of fused-ring (bicyclic) bond motifs is 1. The van der Waals surface area contributed by atoms with Crippen molar-refractivity contribution in [2.75, 3.05) is 185 Å². The SMILES string of the molecule is CC(=O)CCCNCCCOC(C)(C)C.CC(C)(C)OCCCNCC(O)C(=O)O.CC(C)(C)OCCCNCC(O)CO.CC(C)(C)OCCCNCCc1ccc(F)c(Cl)c1.CC(C)(C)OCCCNCCc1ccc(N)cc1.CN(C)C1CN(CCCOC(C)(C)C)C1.COc1cc2c(cc1OC)CN(CCCOC(C)(C)C)CC2. The van der Waals surface area contributed by atoms with Gasteiger partial charge in [-0.05, 0) is 348 Å². The predicted octanol–water partition coefficient (Wildman–Crippen LogP) is 13.6. The number of nitrogens with zero attached hydrogens (tertiary/aromatic N) is 3. The molecule has 2 unspecified atom stereocenters. The van der Waals surface area contributed by atoms with Gasteiger partial charge in [-0.25, -0.2) is 9.18 Å². The molecule has 26 heteroatoms. The van der Waals surface area contributed by atoms with E-state index in [0.717, 1.165) is 198 Å². The summed E-state index contributed by atoms with van der Waals surface area (Å²) in [6, 6.07) is 17.9. The number of ether oxygens (including phenoxy) is 9. The van der Waals surface area contributed by atoms with Crippen LogP contribution in [0, 0.1) is 5.82 Å². The van der Waals surface area contributed by atoms with Gasteiger partial charge in [-0.3, -0.25) is 4.90 Å². The third-order valence-corrected chi connectivity index (χ3v) is 17.5. The first kappa shape index (κ1) is 116. The number of carboxylic acids is 1. The van der Waals surface area contributed by atoms with E-state index in [1.165, 1.54) is 42.4 Å². The van der Waals surface area contributed by atoms with Crippen LogP contribution in [0.25, 0.3) is 0 Å². The second kappa shape index (κ2) is 64.5. The van der Waals surface area contributed by atoms with Crippen molar-refractivity contribution >= 4 is 29.0 Å². The molecule has 0 saturated carbocycles. The standard InChI is InChI=1S/C18H29NO3.C15H23ClFNO.C15H26N2O.C12H26N2O.C12H25NO2.C10H21NO4.C10H23NO3/c1-18(2,3)22-10-6-8-19-9-7-14-11-16(20-4)17(21-5)12-15(14)13-19;1-15(2,3)19-10-4-8-18-9-7-12-5-6-14(17)13(16)11-12;1-15(2,3)18-12-4-10-17-11-9-13-5-7-14(16)8-6-13;1-12(2,3)15-8-6-7-14-9-11(10-14)13(4)5;1-11(14)7-5-8-13-9-6-10-15-12(2,3)4;1-10(2,3)15-6-4-5-11-7-8(12)9(13)14;1-10(2,3)14-6-4-5-11-7-9(13)8-12/h11-12H,6-10,13H2,1-5H3;5-6,11,18H,4,7-10H2,1-3H3;5-8,17H,4,9-12,16H2,1-3H3;11H,6-10H2,1-5H3;13H,5-10H2,1-4H3;8,11-12H,4-7H2,1-3H3,(H,13,14);9,11-13H,4-8H2,1-3H3. The molecule has 2 atom stereocenters. The van der Waals surface area contributed by atoms with E-state index in [9.17, 15) is 14.0 Å². The molecule has 2 aliphatic heterocycles. The van der Waals surface area contributed by atoms with Crippen molar-refractivity contribution in [2.45, 2.75) is 293 Å². The first-order valence-electron chi connectivity index (χ1n) is 43.2. The molecule has 0 radical (unpaired) electrons. The number of aliphatic hydroxyl groups excluding tert-OH is 3. The zero-order valence-electron chi connectivity index (χ0n) is 78.8. The molecule has 2 heterocycles. The summed E-state index contributed by atoms with van der Waals surface area (Å²) in [5.74, 6) is 0.353. The Hall–Kier alpha value is -4.30. The van der Waals surface area contributed by atoms with Gasteiger partial charge >= 0.3 is 5.97 Å². The van der Waals surface area contributed by atoms with Crippen molar-refractivity contribution in [3.63, 3.8) is 0 Å². The number of Topliss-reactive ketones (excluding diaryl/α,β-unsaturated/α-hetero) is 1. The van der Waals surface area contributed by atoms with Crippen molar-refractivity contribution in [1.82, 2.24) is 41.3 Å². The van der Waals surface area contributed by atoms with Crippen LogP contribution in [0.5, 0.6) is 11.5 Å². The van der Waals surface area contributed by atoms with Crippen molar-refractivity contribution < 1.29 is 77.0 Å². The number of halogens is 2. The molecule has 3 aromatic carbocycles. The molecular weight excluding hydrogens is 1530 g/mol. The fourth-order valence-corrected chi connectivity index (χ4v) is 10.9. The van der Waals surface area contributed by atoms with Crippen molar-refractivity contribution in [3.05, 3.63) is 87.7 Å². The fourth-order valence-electron chi connectivity index (χ4n) is 10.7. The molecule has 2 aliphatic rings. The number of anilines is 1. The maximum Gasteiger partial charge on any atom is 0.333 e. The molecule has 5 rings (SSSR count). The van der Waals surface area contributed by atoms with E-state index in [-0.39, 0.29) is 69.0 Å². The minimum absolute atomic E-state index is 0.0150. The van der Waals surface area contributed by atoms with Crippen molar-refractivity contribution in [2.24, 2.45) is 0 Å². The van der Waals surface area contributed by atoms with Gasteiger partial charge in [0, 0.05) is 117 Å².